The summed E-state index contributed by atoms with van der Waals surface area (Å²) in [5.41, 5.74) is 6.59. The highest BCUT2D eigenvalue weighted by Crippen LogP contribution is 2.24. The first-order chi connectivity index (χ1) is 8.81. The lowest BCUT2D eigenvalue weighted by Gasteiger charge is -2.28. The summed E-state index contributed by atoms with van der Waals surface area (Å²) in [5.74, 6) is -0.0878. The Morgan fingerprint density at radius 3 is 2.56 bits per heavy atom. The van der Waals surface area contributed by atoms with Crippen molar-refractivity contribution >= 4 is 5.91 Å². The smallest absolute Gasteiger partial charge is 0.233 e. The quantitative estimate of drug-likeness (QED) is 0.812. The van der Waals surface area contributed by atoms with Gasteiger partial charge in [0, 0.05) is 6.54 Å². The highest BCUT2D eigenvalue weighted by atomic mass is 16.1. The molecule has 98 valence electrons. The van der Waals surface area contributed by atoms with Crippen LogP contribution < -0.4 is 11.1 Å². The summed E-state index contributed by atoms with van der Waals surface area (Å²) in [6, 6.07) is 10.6. The Morgan fingerprint density at radius 2 is 1.94 bits per heavy atom. The van der Waals surface area contributed by atoms with E-state index in [0.29, 0.717) is 6.54 Å². The molecule has 0 saturated carbocycles. The summed E-state index contributed by atoms with van der Waals surface area (Å²) in [5, 5.41) is 2.90. The topological polar surface area (TPSA) is 58.4 Å². The van der Waals surface area contributed by atoms with Gasteiger partial charge in [0.1, 0.15) is 0 Å². The van der Waals surface area contributed by atoms with E-state index in [2.05, 4.69) is 22.3 Å². The van der Waals surface area contributed by atoms with E-state index >= 15 is 0 Å². The molecule has 1 amide bonds. The molecule has 1 aliphatic rings. The van der Waals surface area contributed by atoms with Gasteiger partial charge >= 0.3 is 0 Å². The largest absolute Gasteiger partial charge is 0.353 e. The second-order valence-electron chi connectivity index (χ2n) is 4.68. The van der Waals surface area contributed by atoms with Crippen molar-refractivity contribution < 1.29 is 4.79 Å². The van der Waals surface area contributed by atoms with E-state index in [9.17, 15) is 4.79 Å². The van der Waals surface area contributed by atoms with Crippen LogP contribution in [0.5, 0.6) is 0 Å². The van der Waals surface area contributed by atoms with Crippen molar-refractivity contribution in [2.75, 3.05) is 26.2 Å². The van der Waals surface area contributed by atoms with Crippen molar-refractivity contribution in [1.82, 2.24) is 10.2 Å². The summed E-state index contributed by atoms with van der Waals surface area (Å²) >= 11 is 0. The molecule has 1 unspecified atom stereocenters. The maximum atomic E-state index is 11.3. The Kier molecular flexibility index (Phi) is 4.73. The average Bonchev–Trinajstić information content (AvgIpc) is 2.94. The minimum absolute atomic E-state index is 0.0571. The molecule has 1 heterocycles. The van der Waals surface area contributed by atoms with Crippen LogP contribution in [0.1, 0.15) is 24.4 Å². The summed E-state index contributed by atoms with van der Waals surface area (Å²) in [7, 11) is 0. The lowest BCUT2D eigenvalue weighted by molar-refractivity contribution is -0.119. The number of carbonyl (C=O) groups is 1. The van der Waals surface area contributed by atoms with Gasteiger partial charge in [-0.15, -0.1) is 0 Å². The molecule has 0 bridgehead atoms. The van der Waals surface area contributed by atoms with E-state index in [0.717, 1.165) is 13.1 Å². The molecule has 1 fully saturated rings. The lowest BCUT2D eigenvalue weighted by atomic mass is 10.1. The standard InChI is InChI=1S/C14H21N3O/c15-10-14(18)16-11-13(17-8-4-5-9-17)12-6-2-1-3-7-12/h1-3,6-7,13H,4-5,8-11,15H2,(H,16,18). The Bertz CT molecular complexity index is 374. The molecule has 1 aliphatic heterocycles. The second kappa shape index (κ2) is 6.52. The summed E-state index contributed by atoms with van der Waals surface area (Å²) in [6.07, 6.45) is 2.49. The maximum Gasteiger partial charge on any atom is 0.233 e. The van der Waals surface area contributed by atoms with Gasteiger partial charge in [-0.25, -0.2) is 0 Å². The van der Waals surface area contributed by atoms with Gasteiger partial charge in [-0.05, 0) is 31.5 Å². The van der Waals surface area contributed by atoms with Crippen LogP contribution in [0, 0.1) is 0 Å². The van der Waals surface area contributed by atoms with Crippen molar-refractivity contribution in [3.8, 4) is 0 Å². The lowest BCUT2D eigenvalue weighted by Crippen LogP contribution is -2.39. The van der Waals surface area contributed by atoms with E-state index in [1.165, 1.54) is 18.4 Å². The van der Waals surface area contributed by atoms with Crippen LogP contribution in [0.2, 0.25) is 0 Å². The van der Waals surface area contributed by atoms with Gasteiger partial charge in [0.25, 0.3) is 0 Å². The van der Waals surface area contributed by atoms with Crippen molar-refractivity contribution in [1.29, 1.82) is 0 Å². The molecule has 18 heavy (non-hydrogen) atoms. The zero-order chi connectivity index (χ0) is 12.8. The number of benzene rings is 1. The van der Waals surface area contributed by atoms with Gasteiger partial charge in [0.05, 0.1) is 12.6 Å². The van der Waals surface area contributed by atoms with Gasteiger partial charge < -0.3 is 11.1 Å². The summed E-state index contributed by atoms with van der Waals surface area (Å²) in [4.78, 5) is 13.7. The highest BCUT2D eigenvalue weighted by Gasteiger charge is 2.23. The Balaban J connectivity index is 2.05. The van der Waals surface area contributed by atoms with Gasteiger partial charge in [-0.2, -0.15) is 0 Å². The average molecular weight is 247 g/mol. The van der Waals surface area contributed by atoms with E-state index in [-0.39, 0.29) is 18.5 Å². The van der Waals surface area contributed by atoms with Crippen LogP contribution in [-0.2, 0) is 4.79 Å². The van der Waals surface area contributed by atoms with E-state index in [1.807, 2.05) is 18.2 Å². The van der Waals surface area contributed by atoms with Crippen molar-refractivity contribution in [3.63, 3.8) is 0 Å². The zero-order valence-electron chi connectivity index (χ0n) is 10.6. The Labute approximate surface area is 108 Å². The van der Waals surface area contributed by atoms with Crippen LogP contribution in [0.15, 0.2) is 30.3 Å². The number of hydrogen-bond acceptors (Lipinski definition) is 3. The van der Waals surface area contributed by atoms with E-state index < -0.39 is 0 Å². The minimum atomic E-state index is -0.0878. The zero-order valence-corrected chi connectivity index (χ0v) is 10.6. The second-order valence-corrected chi connectivity index (χ2v) is 4.68. The monoisotopic (exact) mass is 247 g/mol. The van der Waals surface area contributed by atoms with Crippen molar-refractivity contribution in [2.45, 2.75) is 18.9 Å². The molecule has 0 radical (unpaired) electrons. The van der Waals surface area contributed by atoms with Crippen LogP contribution >= 0.6 is 0 Å². The molecular weight excluding hydrogens is 226 g/mol. The van der Waals surface area contributed by atoms with Crippen LogP contribution in [0.4, 0.5) is 0 Å². The first-order valence-electron chi connectivity index (χ1n) is 6.57. The molecule has 0 aromatic heterocycles. The predicted octanol–water partition coefficient (Wildman–Crippen LogP) is 0.898. The number of hydrogen-bond donors (Lipinski definition) is 2. The third-order valence-corrected chi connectivity index (χ3v) is 3.44. The number of nitrogens with zero attached hydrogens (tertiary/aromatic N) is 1. The number of rotatable bonds is 5. The first kappa shape index (κ1) is 13.1. The van der Waals surface area contributed by atoms with Gasteiger partial charge in [-0.3, -0.25) is 9.69 Å². The van der Waals surface area contributed by atoms with Crippen LogP contribution in [0.25, 0.3) is 0 Å². The SMILES string of the molecule is NCC(=O)NCC(c1ccccc1)N1CCCC1. The van der Waals surface area contributed by atoms with E-state index in [1.54, 1.807) is 0 Å². The molecule has 4 nitrogen and oxygen atoms in total. The molecule has 1 aromatic rings. The van der Waals surface area contributed by atoms with Crippen molar-refractivity contribution in [2.24, 2.45) is 5.73 Å². The number of nitrogens with one attached hydrogen (secondary N) is 1. The summed E-state index contributed by atoms with van der Waals surface area (Å²) < 4.78 is 0. The number of amides is 1. The van der Waals surface area contributed by atoms with E-state index in [4.69, 9.17) is 5.73 Å². The number of likely N-dealkylation sites (tertiary alicyclic amines) is 1. The number of nitrogens with two attached hydrogens (primary N) is 1. The third-order valence-electron chi connectivity index (χ3n) is 3.44. The molecule has 4 heteroatoms. The minimum Gasteiger partial charge on any atom is -0.353 e. The van der Waals surface area contributed by atoms with Crippen LogP contribution in [0.3, 0.4) is 0 Å². The molecule has 0 aliphatic carbocycles. The van der Waals surface area contributed by atoms with Crippen molar-refractivity contribution in [3.05, 3.63) is 35.9 Å². The predicted molar refractivity (Wildman–Crippen MR) is 72.1 cm³/mol. The summed E-state index contributed by atoms with van der Waals surface area (Å²) in [6.45, 7) is 2.91. The third kappa shape index (κ3) is 3.31. The fourth-order valence-corrected chi connectivity index (χ4v) is 2.47. The highest BCUT2D eigenvalue weighted by molar-refractivity contribution is 5.77. The molecular formula is C14H21N3O. The Morgan fingerprint density at radius 1 is 1.28 bits per heavy atom. The molecule has 2 rings (SSSR count). The maximum absolute atomic E-state index is 11.3. The molecule has 1 atom stereocenters. The Hall–Kier alpha value is -1.39. The van der Waals surface area contributed by atoms with Gasteiger partial charge in [0.15, 0.2) is 0 Å². The fraction of sp³-hybridized carbons (Fsp3) is 0.500. The molecule has 1 saturated heterocycles. The molecule has 1 aromatic carbocycles. The van der Waals surface area contributed by atoms with Gasteiger partial charge in [-0.1, -0.05) is 30.3 Å². The normalized spacial score (nSPS) is 17.6. The fourth-order valence-electron chi connectivity index (χ4n) is 2.47. The first-order valence-corrected chi connectivity index (χ1v) is 6.57. The van der Waals surface area contributed by atoms with Crippen LogP contribution in [-0.4, -0.2) is 37.0 Å². The molecule has 3 N–H and O–H groups in total. The molecule has 0 spiro atoms. The van der Waals surface area contributed by atoms with Gasteiger partial charge in [0.2, 0.25) is 5.91 Å². The number of carbonyl (C=O) groups excluding carboxylic acids is 1.